The second-order valence-electron chi connectivity index (χ2n) is 5.02. The van der Waals surface area contributed by atoms with Crippen molar-refractivity contribution in [1.82, 2.24) is 0 Å². The number of rotatable bonds is 2. The summed E-state index contributed by atoms with van der Waals surface area (Å²) in [4.78, 5) is 0. The average Bonchev–Trinajstić information content (AvgIpc) is 2.43. The van der Waals surface area contributed by atoms with Crippen LogP contribution in [0.15, 0.2) is 30.3 Å². The standard InChI is InChI=1S/C13H18O6/c14-8-9(15)11(17)13(19,12(18)10(8)16)6-7-4-2-1-3-5-7/h1-5,8-12,14-19H,6H2/t8?,9-,10+,11+,12-,13?. The molecule has 0 bridgehead atoms. The first-order valence-corrected chi connectivity index (χ1v) is 6.04. The first-order chi connectivity index (χ1) is 8.88. The molecule has 0 spiro atoms. The van der Waals surface area contributed by atoms with Gasteiger partial charge in [0.2, 0.25) is 0 Å². The van der Waals surface area contributed by atoms with Crippen LogP contribution in [0, 0.1) is 0 Å². The summed E-state index contributed by atoms with van der Waals surface area (Å²) in [5.41, 5.74) is -1.50. The number of aliphatic hydroxyl groups excluding tert-OH is 5. The summed E-state index contributed by atoms with van der Waals surface area (Å²) in [6.07, 6.45) is -8.85. The second-order valence-corrected chi connectivity index (χ2v) is 5.02. The van der Waals surface area contributed by atoms with Gasteiger partial charge >= 0.3 is 0 Å². The number of aliphatic hydroxyl groups is 6. The zero-order chi connectivity index (χ0) is 14.2. The molecule has 6 nitrogen and oxygen atoms in total. The maximum absolute atomic E-state index is 10.4. The SMILES string of the molecule is OC1[C@@H](O)[C@H](O)C(O)(Cc2ccccc2)[C@H](O)[C@H]1O. The van der Waals surface area contributed by atoms with Crippen LogP contribution < -0.4 is 0 Å². The lowest BCUT2D eigenvalue weighted by atomic mass is 9.72. The lowest BCUT2D eigenvalue weighted by Gasteiger charge is -2.47. The molecule has 19 heavy (non-hydrogen) atoms. The van der Waals surface area contributed by atoms with Gasteiger partial charge in [0.15, 0.2) is 0 Å². The van der Waals surface area contributed by atoms with Crippen LogP contribution in [0.2, 0.25) is 0 Å². The van der Waals surface area contributed by atoms with E-state index in [1.165, 1.54) is 0 Å². The molecular formula is C13H18O6. The Kier molecular flexibility index (Phi) is 3.91. The predicted molar refractivity (Wildman–Crippen MR) is 65.1 cm³/mol. The van der Waals surface area contributed by atoms with E-state index in [4.69, 9.17) is 0 Å². The van der Waals surface area contributed by atoms with Gasteiger partial charge in [-0.25, -0.2) is 0 Å². The van der Waals surface area contributed by atoms with Gasteiger partial charge in [0.25, 0.3) is 0 Å². The summed E-state index contributed by atoms with van der Waals surface area (Å²) < 4.78 is 0. The lowest BCUT2D eigenvalue weighted by molar-refractivity contribution is -0.267. The zero-order valence-electron chi connectivity index (χ0n) is 10.2. The van der Waals surface area contributed by atoms with Crippen LogP contribution in [-0.2, 0) is 6.42 Å². The van der Waals surface area contributed by atoms with E-state index in [1.807, 2.05) is 0 Å². The van der Waals surface area contributed by atoms with E-state index in [1.54, 1.807) is 30.3 Å². The summed E-state index contributed by atoms with van der Waals surface area (Å²) in [6, 6.07) is 8.58. The predicted octanol–water partition coefficient (Wildman–Crippen LogP) is -2.22. The van der Waals surface area contributed by atoms with Gasteiger partial charge in [-0.15, -0.1) is 0 Å². The first kappa shape index (κ1) is 14.4. The Balaban J connectivity index is 2.29. The van der Waals surface area contributed by atoms with Crippen LogP contribution in [0.1, 0.15) is 5.56 Å². The van der Waals surface area contributed by atoms with Gasteiger partial charge in [-0.1, -0.05) is 30.3 Å². The smallest absolute Gasteiger partial charge is 0.125 e. The summed E-state index contributed by atoms with van der Waals surface area (Å²) in [7, 11) is 0. The van der Waals surface area contributed by atoms with Crippen molar-refractivity contribution in [3.8, 4) is 0 Å². The Morgan fingerprint density at radius 2 is 1.26 bits per heavy atom. The van der Waals surface area contributed by atoms with Gasteiger partial charge in [0.1, 0.15) is 36.1 Å². The van der Waals surface area contributed by atoms with Gasteiger partial charge in [0, 0.05) is 6.42 Å². The molecule has 1 aromatic rings. The molecule has 1 saturated carbocycles. The second kappa shape index (κ2) is 5.16. The molecular weight excluding hydrogens is 252 g/mol. The Morgan fingerprint density at radius 3 is 1.74 bits per heavy atom. The lowest BCUT2D eigenvalue weighted by Crippen LogP contribution is -2.71. The van der Waals surface area contributed by atoms with Crippen LogP contribution in [0.4, 0.5) is 0 Å². The average molecular weight is 270 g/mol. The number of hydrogen-bond acceptors (Lipinski definition) is 6. The van der Waals surface area contributed by atoms with E-state index >= 15 is 0 Å². The molecule has 6 atom stereocenters. The van der Waals surface area contributed by atoms with Crippen LogP contribution in [0.25, 0.3) is 0 Å². The van der Waals surface area contributed by atoms with Gasteiger partial charge in [-0.05, 0) is 5.56 Å². The fraction of sp³-hybridized carbons (Fsp3) is 0.538. The molecule has 6 N–H and O–H groups in total. The topological polar surface area (TPSA) is 121 Å². The molecule has 0 aliphatic heterocycles. The van der Waals surface area contributed by atoms with E-state index in [0.717, 1.165) is 0 Å². The van der Waals surface area contributed by atoms with Crippen LogP contribution in [-0.4, -0.2) is 66.8 Å². The Morgan fingerprint density at radius 1 is 0.789 bits per heavy atom. The number of benzene rings is 1. The molecule has 0 aromatic heterocycles. The number of hydrogen-bond donors (Lipinski definition) is 6. The molecule has 106 valence electrons. The minimum Gasteiger partial charge on any atom is -0.387 e. The Hall–Kier alpha value is -1.02. The Bertz CT molecular complexity index is 406. The van der Waals surface area contributed by atoms with Crippen molar-refractivity contribution in [2.24, 2.45) is 0 Å². The summed E-state index contributed by atoms with van der Waals surface area (Å²) in [5.74, 6) is 0. The minimum atomic E-state index is -2.13. The fourth-order valence-electron chi connectivity index (χ4n) is 2.47. The molecule has 0 radical (unpaired) electrons. The van der Waals surface area contributed by atoms with E-state index in [9.17, 15) is 30.6 Å². The van der Waals surface area contributed by atoms with Crippen LogP contribution >= 0.6 is 0 Å². The van der Waals surface area contributed by atoms with Crippen molar-refractivity contribution < 1.29 is 30.6 Å². The summed E-state index contributed by atoms with van der Waals surface area (Å²) in [6.45, 7) is 0. The molecule has 0 amide bonds. The highest BCUT2D eigenvalue weighted by Crippen LogP contribution is 2.33. The summed E-state index contributed by atoms with van der Waals surface area (Å²) >= 11 is 0. The normalized spacial score (nSPS) is 43.2. The van der Waals surface area contributed by atoms with Crippen molar-refractivity contribution in [3.63, 3.8) is 0 Å². The molecule has 1 fully saturated rings. The van der Waals surface area contributed by atoms with Gasteiger partial charge in [0.05, 0.1) is 0 Å². The highest BCUT2D eigenvalue weighted by molar-refractivity contribution is 5.21. The molecule has 1 aliphatic rings. The van der Waals surface area contributed by atoms with Crippen LogP contribution in [0.3, 0.4) is 0 Å². The van der Waals surface area contributed by atoms with Crippen molar-refractivity contribution in [1.29, 1.82) is 0 Å². The van der Waals surface area contributed by atoms with E-state index in [2.05, 4.69) is 0 Å². The molecule has 0 heterocycles. The molecule has 6 heteroatoms. The quantitative estimate of drug-likeness (QED) is 0.362. The van der Waals surface area contributed by atoms with E-state index in [-0.39, 0.29) is 6.42 Å². The van der Waals surface area contributed by atoms with Gasteiger partial charge in [-0.3, -0.25) is 0 Å². The van der Waals surface area contributed by atoms with Gasteiger partial charge < -0.3 is 30.6 Å². The highest BCUT2D eigenvalue weighted by atomic mass is 16.4. The molecule has 1 aliphatic carbocycles. The van der Waals surface area contributed by atoms with Gasteiger partial charge in [-0.2, -0.15) is 0 Å². The maximum atomic E-state index is 10.4. The third-order valence-electron chi connectivity index (χ3n) is 3.70. The Labute approximate surface area is 110 Å². The van der Waals surface area contributed by atoms with Crippen molar-refractivity contribution >= 4 is 0 Å². The molecule has 1 aromatic carbocycles. The van der Waals surface area contributed by atoms with E-state index in [0.29, 0.717) is 5.56 Å². The molecule has 2 rings (SSSR count). The summed E-state index contributed by atoms with van der Waals surface area (Å²) in [5, 5.41) is 58.8. The highest BCUT2D eigenvalue weighted by Gasteiger charge is 2.57. The van der Waals surface area contributed by atoms with Crippen LogP contribution in [0.5, 0.6) is 0 Å². The zero-order valence-corrected chi connectivity index (χ0v) is 10.2. The molecule has 2 unspecified atom stereocenters. The van der Waals surface area contributed by atoms with Crippen molar-refractivity contribution in [3.05, 3.63) is 35.9 Å². The minimum absolute atomic E-state index is 0.156. The molecule has 0 saturated heterocycles. The van der Waals surface area contributed by atoms with Crippen molar-refractivity contribution in [2.75, 3.05) is 0 Å². The fourth-order valence-corrected chi connectivity index (χ4v) is 2.47. The largest absolute Gasteiger partial charge is 0.387 e. The first-order valence-electron chi connectivity index (χ1n) is 6.04. The maximum Gasteiger partial charge on any atom is 0.125 e. The third-order valence-corrected chi connectivity index (χ3v) is 3.70. The third kappa shape index (κ3) is 2.38. The van der Waals surface area contributed by atoms with E-state index < -0.39 is 36.1 Å². The van der Waals surface area contributed by atoms with Crippen molar-refractivity contribution in [2.45, 2.75) is 42.5 Å². The monoisotopic (exact) mass is 270 g/mol.